The molecule has 5 heteroatoms. The third-order valence-corrected chi connectivity index (χ3v) is 5.91. The number of carbonyl (C=O) groups excluding carboxylic acids is 1. The molecule has 3 rings (SSSR count). The van der Waals surface area contributed by atoms with E-state index in [-0.39, 0.29) is 11.6 Å². The van der Waals surface area contributed by atoms with E-state index >= 15 is 0 Å². The normalized spacial score (nSPS) is 19.4. The Balaban J connectivity index is 1.62. The second kappa shape index (κ2) is 8.53. The van der Waals surface area contributed by atoms with Gasteiger partial charge in [-0.25, -0.2) is 4.79 Å². The first-order chi connectivity index (χ1) is 13.3. The topological polar surface area (TPSA) is 65.4 Å². The number of carbonyl (C=O) groups is 1. The van der Waals surface area contributed by atoms with Crippen LogP contribution in [0.5, 0.6) is 0 Å². The maximum absolute atomic E-state index is 12.4. The van der Waals surface area contributed by atoms with Crippen LogP contribution in [0.4, 0.5) is 4.79 Å². The fourth-order valence-corrected chi connectivity index (χ4v) is 4.43. The number of rotatable bonds is 4. The van der Waals surface area contributed by atoms with Gasteiger partial charge in [-0.3, -0.25) is 4.90 Å². The Bertz CT molecular complexity index is 739. The molecule has 0 radical (unpaired) electrons. The molecule has 1 fully saturated rings. The van der Waals surface area contributed by atoms with E-state index in [1.54, 1.807) is 0 Å². The molecule has 0 spiro atoms. The van der Waals surface area contributed by atoms with Crippen LogP contribution < -0.4 is 5.32 Å². The molecule has 0 bridgehead atoms. The van der Waals surface area contributed by atoms with Crippen LogP contribution >= 0.6 is 0 Å². The van der Waals surface area contributed by atoms with Crippen molar-refractivity contribution < 1.29 is 9.53 Å². The highest BCUT2D eigenvalue weighted by atomic mass is 16.6. The van der Waals surface area contributed by atoms with Crippen LogP contribution in [-0.4, -0.2) is 35.2 Å². The summed E-state index contributed by atoms with van der Waals surface area (Å²) in [5, 5.41) is 12.4. The molecule has 1 heterocycles. The van der Waals surface area contributed by atoms with Gasteiger partial charge in [0.1, 0.15) is 5.60 Å². The lowest BCUT2D eigenvalue weighted by Gasteiger charge is -2.40. The standard InChI is InChI=1S/C23H33N3O2/c1-22(2,3)28-21(27)25-23(10-5-4-6-11-23)12-14-26-13-9-19-8-7-18(16-24)15-20(19)17-26/h7-8,15H,4-6,9-14,17H2,1-3H3,(H,25,27). The Kier molecular flexibility index (Phi) is 6.30. The van der Waals surface area contributed by atoms with Crippen molar-refractivity contribution in [2.45, 2.75) is 83.4 Å². The summed E-state index contributed by atoms with van der Waals surface area (Å²) in [4.78, 5) is 14.9. The Hall–Kier alpha value is -2.06. The van der Waals surface area contributed by atoms with Crippen LogP contribution in [0.3, 0.4) is 0 Å². The summed E-state index contributed by atoms with van der Waals surface area (Å²) in [6.07, 6.45) is 7.27. The summed E-state index contributed by atoms with van der Waals surface area (Å²) in [6, 6.07) is 8.27. The molecule has 1 aromatic rings. The van der Waals surface area contributed by atoms with Gasteiger partial charge in [0, 0.05) is 25.2 Å². The number of benzene rings is 1. The predicted molar refractivity (Wildman–Crippen MR) is 110 cm³/mol. The number of alkyl carbamates (subject to hydrolysis) is 1. The van der Waals surface area contributed by atoms with Gasteiger partial charge in [0.2, 0.25) is 0 Å². The van der Waals surface area contributed by atoms with Crippen molar-refractivity contribution in [2.24, 2.45) is 0 Å². The van der Waals surface area contributed by atoms with E-state index in [4.69, 9.17) is 10.00 Å². The van der Waals surface area contributed by atoms with Crippen molar-refractivity contribution in [2.75, 3.05) is 13.1 Å². The number of hydrogen-bond acceptors (Lipinski definition) is 4. The van der Waals surface area contributed by atoms with Gasteiger partial charge < -0.3 is 10.1 Å². The number of ether oxygens (including phenoxy) is 1. The van der Waals surface area contributed by atoms with Gasteiger partial charge in [0.05, 0.1) is 11.6 Å². The maximum atomic E-state index is 12.4. The van der Waals surface area contributed by atoms with E-state index in [1.807, 2.05) is 32.9 Å². The zero-order valence-corrected chi connectivity index (χ0v) is 17.5. The molecular weight excluding hydrogens is 350 g/mol. The van der Waals surface area contributed by atoms with Crippen molar-refractivity contribution in [1.29, 1.82) is 5.26 Å². The van der Waals surface area contributed by atoms with E-state index in [2.05, 4.69) is 22.4 Å². The molecule has 1 N–H and O–H groups in total. The second-order valence-corrected chi connectivity index (χ2v) is 9.34. The fourth-order valence-electron chi connectivity index (χ4n) is 4.43. The summed E-state index contributed by atoms with van der Waals surface area (Å²) >= 11 is 0. The Morgan fingerprint density at radius 2 is 2.00 bits per heavy atom. The summed E-state index contributed by atoms with van der Waals surface area (Å²) in [6.45, 7) is 8.57. The molecule has 2 aliphatic rings. The van der Waals surface area contributed by atoms with Gasteiger partial charge in [0.25, 0.3) is 0 Å². The lowest BCUT2D eigenvalue weighted by atomic mass is 9.79. The molecule has 5 nitrogen and oxygen atoms in total. The molecule has 0 saturated heterocycles. The molecule has 28 heavy (non-hydrogen) atoms. The first kappa shape index (κ1) is 20.7. The maximum Gasteiger partial charge on any atom is 0.408 e. The number of hydrogen-bond donors (Lipinski definition) is 1. The van der Waals surface area contributed by atoms with Crippen LogP contribution in [-0.2, 0) is 17.7 Å². The molecule has 1 amide bonds. The first-order valence-electron chi connectivity index (χ1n) is 10.5. The van der Waals surface area contributed by atoms with E-state index in [9.17, 15) is 4.79 Å². The minimum Gasteiger partial charge on any atom is -0.444 e. The largest absolute Gasteiger partial charge is 0.444 e. The zero-order chi connectivity index (χ0) is 20.2. The summed E-state index contributed by atoms with van der Waals surface area (Å²) in [7, 11) is 0. The van der Waals surface area contributed by atoms with Crippen LogP contribution in [0.15, 0.2) is 18.2 Å². The molecule has 0 aromatic heterocycles. The lowest BCUT2D eigenvalue weighted by Crippen LogP contribution is -2.52. The quantitative estimate of drug-likeness (QED) is 0.829. The third kappa shape index (κ3) is 5.48. The summed E-state index contributed by atoms with van der Waals surface area (Å²) < 4.78 is 5.54. The van der Waals surface area contributed by atoms with Crippen molar-refractivity contribution in [3.63, 3.8) is 0 Å². The summed E-state index contributed by atoms with van der Waals surface area (Å²) in [5.41, 5.74) is 2.72. The summed E-state index contributed by atoms with van der Waals surface area (Å²) in [5.74, 6) is 0. The number of amides is 1. The number of nitrogens with zero attached hydrogens (tertiary/aromatic N) is 2. The third-order valence-electron chi connectivity index (χ3n) is 5.91. The van der Waals surface area contributed by atoms with E-state index in [0.29, 0.717) is 0 Å². The average molecular weight is 384 g/mol. The van der Waals surface area contributed by atoms with Crippen molar-refractivity contribution in [3.8, 4) is 6.07 Å². The van der Waals surface area contributed by atoms with E-state index in [1.165, 1.54) is 17.5 Å². The molecule has 1 aliphatic heterocycles. The molecule has 0 atom stereocenters. The monoisotopic (exact) mass is 383 g/mol. The fraction of sp³-hybridized carbons (Fsp3) is 0.652. The Labute approximate surface area is 169 Å². The van der Waals surface area contributed by atoms with Crippen LogP contribution in [0.25, 0.3) is 0 Å². The average Bonchev–Trinajstić information content (AvgIpc) is 2.65. The molecular formula is C23H33N3O2. The zero-order valence-electron chi connectivity index (χ0n) is 17.5. The Morgan fingerprint density at radius 1 is 1.25 bits per heavy atom. The Morgan fingerprint density at radius 3 is 2.68 bits per heavy atom. The molecule has 1 aliphatic carbocycles. The van der Waals surface area contributed by atoms with Gasteiger partial charge in [-0.1, -0.05) is 25.3 Å². The highest BCUT2D eigenvalue weighted by Gasteiger charge is 2.35. The minimum absolute atomic E-state index is 0.157. The van der Waals surface area contributed by atoms with Crippen molar-refractivity contribution >= 4 is 6.09 Å². The highest BCUT2D eigenvalue weighted by molar-refractivity contribution is 5.68. The van der Waals surface area contributed by atoms with Crippen LogP contribution in [0.1, 0.15) is 76.0 Å². The van der Waals surface area contributed by atoms with Crippen LogP contribution in [0.2, 0.25) is 0 Å². The van der Waals surface area contributed by atoms with Crippen molar-refractivity contribution in [1.82, 2.24) is 10.2 Å². The van der Waals surface area contributed by atoms with Gasteiger partial charge in [-0.15, -0.1) is 0 Å². The smallest absolute Gasteiger partial charge is 0.408 e. The van der Waals surface area contributed by atoms with E-state index in [0.717, 1.165) is 63.7 Å². The van der Waals surface area contributed by atoms with Gasteiger partial charge in [0.15, 0.2) is 0 Å². The first-order valence-corrected chi connectivity index (χ1v) is 10.5. The number of nitrogens with one attached hydrogen (secondary N) is 1. The lowest BCUT2D eigenvalue weighted by molar-refractivity contribution is 0.0402. The van der Waals surface area contributed by atoms with Crippen LogP contribution in [0, 0.1) is 11.3 Å². The number of nitriles is 1. The molecule has 1 saturated carbocycles. The molecule has 152 valence electrons. The second-order valence-electron chi connectivity index (χ2n) is 9.34. The molecule has 1 aromatic carbocycles. The highest BCUT2D eigenvalue weighted by Crippen LogP contribution is 2.32. The van der Waals surface area contributed by atoms with Crippen molar-refractivity contribution in [3.05, 3.63) is 34.9 Å². The van der Waals surface area contributed by atoms with E-state index < -0.39 is 5.60 Å². The molecule has 0 unspecified atom stereocenters. The van der Waals surface area contributed by atoms with Gasteiger partial charge in [-0.05, 0) is 69.7 Å². The minimum atomic E-state index is -0.477. The SMILES string of the molecule is CC(C)(C)OC(=O)NC1(CCN2CCc3ccc(C#N)cc3C2)CCCCC1. The van der Waals surface area contributed by atoms with Gasteiger partial charge in [-0.2, -0.15) is 5.26 Å². The predicted octanol–water partition coefficient (Wildman–Crippen LogP) is 4.53. The number of fused-ring (bicyclic) bond motifs is 1. The van der Waals surface area contributed by atoms with Gasteiger partial charge >= 0.3 is 6.09 Å².